The second-order valence-electron chi connectivity index (χ2n) is 4.18. The van der Waals surface area contributed by atoms with Gasteiger partial charge in [0.1, 0.15) is 0 Å². The number of unbranched alkanes of at least 4 members (excludes halogenated alkanes) is 5. The van der Waals surface area contributed by atoms with Crippen LogP contribution in [0.2, 0.25) is 0 Å². The Hall–Kier alpha value is -0.120. The summed E-state index contributed by atoms with van der Waals surface area (Å²) >= 11 is 0. The van der Waals surface area contributed by atoms with E-state index in [2.05, 4.69) is 13.8 Å². The van der Waals surface area contributed by atoms with Crippen LogP contribution in [0.5, 0.6) is 0 Å². The van der Waals surface area contributed by atoms with Gasteiger partial charge in [-0.1, -0.05) is 39.5 Å². The molecule has 0 rings (SSSR count). The van der Waals surface area contributed by atoms with E-state index >= 15 is 0 Å². The van der Waals surface area contributed by atoms with Crippen LogP contribution in [0.3, 0.4) is 0 Å². The van der Waals surface area contributed by atoms with Gasteiger partial charge in [-0.05, 0) is 25.7 Å². The molecule has 0 aromatic heterocycles. The van der Waals surface area contributed by atoms with Gasteiger partial charge in [-0.3, -0.25) is 0 Å². The molecule has 106 valence electrons. The molecule has 0 aromatic rings. The normalized spacial score (nSPS) is 9.88. The van der Waals surface area contributed by atoms with E-state index in [-0.39, 0.29) is 13.2 Å². The molecule has 3 heteroatoms. The topological polar surface area (TPSA) is 49.7 Å². The molecule has 0 heterocycles. The molecule has 2 N–H and O–H groups in total. The Balaban J connectivity index is 0. The Morgan fingerprint density at radius 2 is 1.06 bits per heavy atom. The van der Waals surface area contributed by atoms with Crippen molar-refractivity contribution < 1.29 is 14.9 Å². The Labute approximate surface area is 107 Å². The van der Waals surface area contributed by atoms with Crippen LogP contribution in [0, 0.1) is 0 Å². The number of hydrogen-bond acceptors (Lipinski definition) is 3. The Morgan fingerprint density at radius 3 is 1.35 bits per heavy atom. The molecule has 0 amide bonds. The number of aliphatic hydroxyl groups excluding tert-OH is 2. The third-order valence-corrected chi connectivity index (χ3v) is 2.35. The summed E-state index contributed by atoms with van der Waals surface area (Å²) in [6, 6.07) is 0. The summed E-state index contributed by atoms with van der Waals surface area (Å²) in [5.41, 5.74) is 0. The van der Waals surface area contributed by atoms with E-state index in [0.29, 0.717) is 0 Å². The molecule has 0 bridgehead atoms. The molecule has 0 aliphatic carbocycles. The van der Waals surface area contributed by atoms with Crippen molar-refractivity contribution >= 4 is 0 Å². The van der Waals surface area contributed by atoms with Gasteiger partial charge in [0.2, 0.25) is 0 Å². The second kappa shape index (κ2) is 21.2. The number of ether oxygens (including phenoxy) is 1. The number of aliphatic hydroxyl groups is 2. The molecule has 0 radical (unpaired) electrons. The van der Waals surface area contributed by atoms with Gasteiger partial charge in [0, 0.05) is 26.4 Å². The van der Waals surface area contributed by atoms with Crippen LogP contribution < -0.4 is 0 Å². The third-order valence-electron chi connectivity index (χ3n) is 2.35. The van der Waals surface area contributed by atoms with Gasteiger partial charge < -0.3 is 14.9 Å². The first-order valence-corrected chi connectivity index (χ1v) is 7.12. The molecule has 0 fully saturated rings. The van der Waals surface area contributed by atoms with Crippen LogP contribution in [0.4, 0.5) is 0 Å². The summed E-state index contributed by atoms with van der Waals surface area (Å²) in [5, 5.41) is 16.6. The summed E-state index contributed by atoms with van der Waals surface area (Å²) in [7, 11) is 0. The minimum atomic E-state index is 0.283. The van der Waals surface area contributed by atoms with E-state index < -0.39 is 0 Å². The van der Waals surface area contributed by atoms with Crippen LogP contribution >= 0.6 is 0 Å². The van der Waals surface area contributed by atoms with E-state index in [1.54, 1.807) is 0 Å². The lowest BCUT2D eigenvalue weighted by Gasteiger charge is -1.99. The number of hydrogen-bond donors (Lipinski definition) is 2. The van der Waals surface area contributed by atoms with Crippen molar-refractivity contribution in [1.82, 2.24) is 0 Å². The monoisotopic (exact) mass is 248 g/mol. The largest absolute Gasteiger partial charge is 0.396 e. The van der Waals surface area contributed by atoms with Gasteiger partial charge in [-0.2, -0.15) is 0 Å². The smallest absolute Gasteiger partial charge is 0.0465 e. The lowest BCUT2D eigenvalue weighted by Crippen LogP contribution is -1.95. The van der Waals surface area contributed by atoms with Crippen molar-refractivity contribution in [2.24, 2.45) is 0 Å². The molecule has 0 saturated heterocycles. The van der Waals surface area contributed by atoms with Crippen molar-refractivity contribution in [1.29, 1.82) is 0 Å². The summed E-state index contributed by atoms with van der Waals surface area (Å²) < 4.78 is 5.31. The zero-order valence-corrected chi connectivity index (χ0v) is 11.8. The molecule has 0 aliphatic rings. The fraction of sp³-hybridized carbons (Fsp3) is 1.00. The molecule has 0 aliphatic heterocycles. The quantitative estimate of drug-likeness (QED) is 0.552. The SMILES string of the molecule is CCCCOCCCC.OCCCCCCO. The highest BCUT2D eigenvalue weighted by molar-refractivity contribution is 4.39. The van der Waals surface area contributed by atoms with Crippen LogP contribution in [0.25, 0.3) is 0 Å². The first-order chi connectivity index (χ1) is 8.33. The minimum absolute atomic E-state index is 0.283. The molecule has 0 unspecified atom stereocenters. The summed E-state index contributed by atoms with van der Waals surface area (Å²) in [4.78, 5) is 0. The Morgan fingerprint density at radius 1 is 0.647 bits per heavy atom. The number of rotatable bonds is 11. The fourth-order valence-electron chi connectivity index (χ4n) is 1.17. The van der Waals surface area contributed by atoms with Crippen molar-refractivity contribution in [3.8, 4) is 0 Å². The Bertz CT molecular complexity index is 95.6. The molecular formula is C14H32O3. The van der Waals surface area contributed by atoms with Crippen LogP contribution in [0.1, 0.15) is 65.2 Å². The van der Waals surface area contributed by atoms with Crippen LogP contribution in [-0.4, -0.2) is 36.6 Å². The molecule has 0 spiro atoms. The van der Waals surface area contributed by atoms with Crippen LogP contribution in [-0.2, 0) is 4.74 Å². The molecule has 0 saturated carbocycles. The first-order valence-electron chi connectivity index (χ1n) is 7.12. The van der Waals surface area contributed by atoms with Gasteiger partial charge in [-0.15, -0.1) is 0 Å². The van der Waals surface area contributed by atoms with Gasteiger partial charge >= 0.3 is 0 Å². The zero-order valence-electron chi connectivity index (χ0n) is 11.8. The summed E-state index contributed by atoms with van der Waals surface area (Å²) in [6.07, 6.45) is 8.74. The lowest BCUT2D eigenvalue weighted by atomic mass is 10.2. The summed E-state index contributed by atoms with van der Waals surface area (Å²) in [5.74, 6) is 0. The molecular weight excluding hydrogens is 216 g/mol. The molecule has 0 aromatic carbocycles. The highest BCUT2D eigenvalue weighted by Crippen LogP contribution is 1.96. The summed E-state index contributed by atoms with van der Waals surface area (Å²) in [6.45, 7) is 6.84. The highest BCUT2D eigenvalue weighted by Gasteiger charge is 1.85. The van der Waals surface area contributed by atoms with E-state index in [1.807, 2.05) is 0 Å². The zero-order chi connectivity index (χ0) is 13.2. The van der Waals surface area contributed by atoms with E-state index in [1.165, 1.54) is 25.7 Å². The van der Waals surface area contributed by atoms with Crippen molar-refractivity contribution in [3.63, 3.8) is 0 Å². The standard InChI is InChI=1S/C8H18O.C6H14O2/c1-3-5-7-9-8-6-4-2;7-5-3-1-2-4-6-8/h3-8H2,1-2H3;7-8H,1-6H2. The first kappa shape index (κ1) is 19.2. The molecule has 0 atom stereocenters. The van der Waals surface area contributed by atoms with Gasteiger partial charge in [-0.25, -0.2) is 0 Å². The predicted octanol–water partition coefficient (Wildman–Crippen LogP) is 3.13. The lowest BCUT2D eigenvalue weighted by molar-refractivity contribution is 0.128. The van der Waals surface area contributed by atoms with E-state index in [0.717, 1.165) is 38.9 Å². The second-order valence-corrected chi connectivity index (χ2v) is 4.18. The van der Waals surface area contributed by atoms with E-state index in [9.17, 15) is 0 Å². The molecule has 3 nitrogen and oxygen atoms in total. The maximum Gasteiger partial charge on any atom is 0.0465 e. The van der Waals surface area contributed by atoms with Crippen molar-refractivity contribution in [2.45, 2.75) is 65.2 Å². The average molecular weight is 248 g/mol. The minimum Gasteiger partial charge on any atom is -0.396 e. The maximum atomic E-state index is 8.30. The van der Waals surface area contributed by atoms with E-state index in [4.69, 9.17) is 14.9 Å². The highest BCUT2D eigenvalue weighted by atomic mass is 16.5. The van der Waals surface area contributed by atoms with Gasteiger partial charge in [0.15, 0.2) is 0 Å². The van der Waals surface area contributed by atoms with Crippen LogP contribution in [0.15, 0.2) is 0 Å². The predicted molar refractivity (Wildman–Crippen MR) is 73.3 cm³/mol. The average Bonchev–Trinajstić information content (AvgIpc) is 2.36. The Kier molecular flexibility index (Phi) is 24.0. The molecule has 17 heavy (non-hydrogen) atoms. The van der Waals surface area contributed by atoms with Gasteiger partial charge in [0.05, 0.1) is 0 Å². The fourth-order valence-corrected chi connectivity index (χ4v) is 1.17. The van der Waals surface area contributed by atoms with Crippen molar-refractivity contribution in [3.05, 3.63) is 0 Å². The van der Waals surface area contributed by atoms with Gasteiger partial charge in [0.25, 0.3) is 0 Å². The van der Waals surface area contributed by atoms with Crippen molar-refractivity contribution in [2.75, 3.05) is 26.4 Å². The third kappa shape index (κ3) is 25.8. The maximum absolute atomic E-state index is 8.30.